The molecule has 0 saturated carbocycles. The maximum atomic E-state index is 5.80. The molecule has 2 aromatic carbocycles. The SMILES string of the molecule is C=CC[NH2+]Cc1cccc(OCc2ccccc2)c1. The monoisotopic (exact) mass is 254 g/mol. The van der Waals surface area contributed by atoms with E-state index in [0.717, 1.165) is 18.8 Å². The van der Waals surface area contributed by atoms with Gasteiger partial charge in [0.25, 0.3) is 0 Å². The van der Waals surface area contributed by atoms with E-state index in [-0.39, 0.29) is 0 Å². The normalized spacial score (nSPS) is 10.1. The van der Waals surface area contributed by atoms with Crippen molar-refractivity contribution in [1.29, 1.82) is 0 Å². The van der Waals surface area contributed by atoms with Crippen LogP contribution in [0.5, 0.6) is 5.75 Å². The maximum Gasteiger partial charge on any atom is 0.120 e. The molecule has 2 N–H and O–H groups in total. The van der Waals surface area contributed by atoms with Gasteiger partial charge < -0.3 is 10.1 Å². The first-order chi connectivity index (χ1) is 9.38. The largest absolute Gasteiger partial charge is 0.489 e. The molecule has 0 saturated heterocycles. The summed E-state index contributed by atoms with van der Waals surface area (Å²) in [6.07, 6.45) is 1.91. The van der Waals surface area contributed by atoms with E-state index in [1.165, 1.54) is 11.1 Å². The highest BCUT2D eigenvalue weighted by Crippen LogP contribution is 2.14. The fraction of sp³-hybridized carbons (Fsp3) is 0.176. The Bertz CT molecular complexity index is 508. The van der Waals surface area contributed by atoms with Crippen molar-refractivity contribution in [3.8, 4) is 5.75 Å². The van der Waals surface area contributed by atoms with Crippen LogP contribution >= 0.6 is 0 Å². The summed E-state index contributed by atoms with van der Waals surface area (Å²) in [5.41, 5.74) is 2.46. The van der Waals surface area contributed by atoms with E-state index in [1.54, 1.807) is 0 Å². The average Bonchev–Trinajstić information content (AvgIpc) is 2.47. The fourth-order valence-corrected chi connectivity index (χ4v) is 1.87. The van der Waals surface area contributed by atoms with Crippen LogP contribution in [0.2, 0.25) is 0 Å². The Morgan fingerprint density at radius 2 is 1.79 bits per heavy atom. The minimum absolute atomic E-state index is 0.612. The number of nitrogens with two attached hydrogens (primary N) is 1. The van der Waals surface area contributed by atoms with Gasteiger partial charge in [0.1, 0.15) is 18.9 Å². The highest BCUT2D eigenvalue weighted by Gasteiger charge is 1.99. The van der Waals surface area contributed by atoms with Crippen molar-refractivity contribution in [3.63, 3.8) is 0 Å². The van der Waals surface area contributed by atoms with Crippen molar-refractivity contribution in [1.82, 2.24) is 0 Å². The Morgan fingerprint density at radius 1 is 1.00 bits per heavy atom. The standard InChI is InChI=1S/C17H19NO/c1-2-11-18-13-16-9-6-10-17(12-16)19-14-15-7-4-3-5-8-15/h2-10,12,18H,1,11,13-14H2/p+1. The van der Waals surface area contributed by atoms with Crippen molar-refractivity contribution < 1.29 is 10.1 Å². The van der Waals surface area contributed by atoms with Gasteiger partial charge in [0.15, 0.2) is 0 Å². The zero-order chi connectivity index (χ0) is 13.3. The van der Waals surface area contributed by atoms with Gasteiger partial charge in [-0.15, -0.1) is 0 Å². The molecule has 98 valence electrons. The van der Waals surface area contributed by atoms with Gasteiger partial charge in [0, 0.05) is 5.56 Å². The Kier molecular flexibility index (Phi) is 5.20. The molecule has 0 aliphatic heterocycles. The maximum absolute atomic E-state index is 5.80. The number of rotatable bonds is 7. The summed E-state index contributed by atoms with van der Waals surface area (Å²) in [6.45, 7) is 6.22. The number of hydrogen-bond donors (Lipinski definition) is 1. The summed E-state index contributed by atoms with van der Waals surface area (Å²) < 4.78 is 5.80. The first-order valence-corrected chi connectivity index (χ1v) is 6.56. The molecule has 2 heteroatoms. The second kappa shape index (κ2) is 7.39. The van der Waals surface area contributed by atoms with Crippen LogP contribution in [0.1, 0.15) is 11.1 Å². The lowest BCUT2D eigenvalue weighted by Crippen LogP contribution is -2.82. The molecule has 2 nitrogen and oxygen atoms in total. The molecule has 0 amide bonds. The van der Waals surface area contributed by atoms with Gasteiger partial charge >= 0.3 is 0 Å². The number of benzene rings is 2. The third kappa shape index (κ3) is 4.60. The molecule has 0 atom stereocenters. The topological polar surface area (TPSA) is 25.8 Å². The molecule has 0 heterocycles. The van der Waals surface area contributed by atoms with Crippen molar-refractivity contribution in [2.45, 2.75) is 13.2 Å². The molecular formula is C17H20NO+. The van der Waals surface area contributed by atoms with Crippen LogP contribution in [0.3, 0.4) is 0 Å². The number of quaternary nitrogens is 1. The van der Waals surface area contributed by atoms with Crippen molar-refractivity contribution in [2.75, 3.05) is 6.54 Å². The van der Waals surface area contributed by atoms with Crippen LogP contribution < -0.4 is 10.1 Å². The third-order valence-corrected chi connectivity index (χ3v) is 2.86. The van der Waals surface area contributed by atoms with Gasteiger partial charge in [-0.1, -0.05) is 49.0 Å². The molecular weight excluding hydrogens is 234 g/mol. The van der Waals surface area contributed by atoms with Gasteiger partial charge in [-0.2, -0.15) is 0 Å². The molecule has 0 aliphatic rings. The zero-order valence-corrected chi connectivity index (χ0v) is 11.1. The van der Waals surface area contributed by atoms with Crippen LogP contribution in [0.15, 0.2) is 67.3 Å². The average molecular weight is 254 g/mol. The van der Waals surface area contributed by atoms with E-state index in [9.17, 15) is 0 Å². The highest BCUT2D eigenvalue weighted by atomic mass is 16.5. The third-order valence-electron chi connectivity index (χ3n) is 2.86. The van der Waals surface area contributed by atoms with E-state index in [4.69, 9.17) is 4.74 Å². The van der Waals surface area contributed by atoms with Gasteiger partial charge in [-0.25, -0.2) is 0 Å². The van der Waals surface area contributed by atoms with Crippen LogP contribution in [-0.2, 0) is 13.2 Å². The van der Waals surface area contributed by atoms with Gasteiger partial charge in [0.05, 0.1) is 6.54 Å². The minimum atomic E-state index is 0.612. The van der Waals surface area contributed by atoms with Crippen molar-refractivity contribution in [3.05, 3.63) is 78.4 Å². The van der Waals surface area contributed by atoms with Crippen LogP contribution in [0, 0.1) is 0 Å². The molecule has 0 aliphatic carbocycles. The van der Waals surface area contributed by atoms with E-state index >= 15 is 0 Å². The van der Waals surface area contributed by atoms with Crippen LogP contribution in [-0.4, -0.2) is 6.54 Å². The Morgan fingerprint density at radius 3 is 2.58 bits per heavy atom. The second-order valence-corrected chi connectivity index (χ2v) is 4.44. The first kappa shape index (κ1) is 13.4. The summed E-state index contributed by atoms with van der Waals surface area (Å²) in [5.74, 6) is 0.924. The summed E-state index contributed by atoms with van der Waals surface area (Å²) in [5, 5.41) is 2.21. The van der Waals surface area contributed by atoms with Crippen molar-refractivity contribution >= 4 is 0 Å². The van der Waals surface area contributed by atoms with Gasteiger partial charge in [-0.3, -0.25) is 0 Å². The van der Waals surface area contributed by atoms with Crippen LogP contribution in [0.25, 0.3) is 0 Å². The predicted molar refractivity (Wildman–Crippen MR) is 77.9 cm³/mol. The van der Waals surface area contributed by atoms with Crippen molar-refractivity contribution in [2.24, 2.45) is 0 Å². The second-order valence-electron chi connectivity index (χ2n) is 4.44. The quantitative estimate of drug-likeness (QED) is 0.596. The molecule has 0 unspecified atom stereocenters. The lowest BCUT2D eigenvalue weighted by molar-refractivity contribution is -0.662. The predicted octanol–water partition coefficient (Wildman–Crippen LogP) is 2.52. The number of hydrogen-bond acceptors (Lipinski definition) is 1. The zero-order valence-electron chi connectivity index (χ0n) is 11.1. The summed E-state index contributed by atoms with van der Waals surface area (Å²) in [7, 11) is 0. The minimum Gasteiger partial charge on any atom is -0.489 e. The molecule has 0 spiro atoms. The molecule has 19 heavy (non-hydrogen) atoms. The summed E-state index contributed by atoms with van der Waals surface area (Å²) in [6, 6.07) is 18.5. The molecule has 0 fully saturated rings. The molecule has 2 aromatic rings. The van der Waals surface area contributed by atoms with E-state index in [1.807, 2.05) is 36.4 Å². The van der Waals surface area contributed by atoms with Gasteiger partial charge in [-0.05, 0) is 23.8 Å². The van der Waals surface area contributed by atoms with Crippen LogP contribution in [0.4, 0.5) is 0 Å². The van der Waals surface area contributed by atoms with E-state index in [2.05, 4.69) is 36.2 Å². The Balaban J connectivity index is 1.89. The van der Waals surface area contributed by atoms with E-state index < -0.39 is 0 Å². The fourth-order valence-electron chi connectivity index (χ4n) is 1.87. The smallest absolute Gasteiger partial charge is 0.120 e. The molecule has 0 radical (unpaired) electrons. The molecule has 0 aromatic heterocycles. The van der Waals surface area contributed by atoms with Gasteiger partial charge in [0.2, 0.25) is 0 Å². The molecule has 0 bridgehead atoms. The Labute approximate surface area is 114 Å². The lowest BCUT2D eigenvalue weighted by Gasteiger charge is -2.07. The lowest BCUT2D eigenvalue weighted by atomic mass is 10.2. The summed E-state index contributed by atoms with van der Waals surface area (Å²) >= 11 is 0. The molecule has 2 rings (SSSR count). The number of ether oxygens (including phenoxy) is 1. The Hall–Kier alpha value is -2.06. The summed E-state index contributed by atoms with van der Waals surface area (Å²) in [4.78, 5) is 0. The van der Waals surface area contributed by atoms with E-state index in [0.29, 0.717) is 6.61 Å². The highest BCUT2D eigenvalue weighted by molar-refractivity contribution is 5.28. The first-order valence-electron chi connectivity index (χ1n) is 6.56.